The van der Waals surface area contributed by atoms with Crippen LogP contribution in [0.2, 0.25) is 0 Å². The van der Waals surface area contributed by atoms with Gasteiger partial charge in [-0.1, -0.05) is 0 Å². The molecule has 92 valence electrons. The molecule has 0 atom stereocenters. The highest BCUT2D eigenvalue weighted by atomic mass is 16.4. The average molecular weight is 236 g/mol. The van der Waals surface area contributed by atoms with E-state index >= 15 is 0 Å². The smallest absolute Gasteiger partial charge is 0.335 e. The molecule has 0 radical (unpaired) electrons. The molecule has 0 bridgehead atoms. The summed E-state index contributed by atoms with van der Waals surface area (Å²) in [6.45, 7) is 1.87. The first kappa shape index (κ1) is 11.9. The van der Waals surface area contributed by atoms with Crippen LogP contribution in [-0.4, -0.2) is 37.0 Å². The van der Waals surface area contributed by atoms with Crippen molar-refractivity contribution in [2.45, 2.75) is 18.9 Å². The maximum atomic E-state index is 12.1. The fourth-order valence-electron chi connectivity index (χ4n) is 2.04. The molecule has 1 amide bonds. The Hall–Kier alpha value is -1.62. The van der Waals surface area contributed by atoms with E-state index in [1.165, 1.54) is 18.4 Å². The minimum atomic E-state index is -0.439. The summed E-state index contributed by atoms with van der Waals surface area (Å²) < 4.78 is 4.70. The van der Waals surface area contributed by atoms with Crippen LogP contribution in [0.1, 0.15) is 23.2 Å². The van der Waals surface area contributed by atoms with Gasteiger partial charge in [0.15, 0.2) is 0 Å². The maximum Gasteiger partial charge on any atom is 0.335 e. The summed E-state index contributed by atoms with van der Waals surface area (Å²) in [4.78, 5) is 24.6. The van der Waals surface area contributed by atoms with Gasteiger partial charge in [0.1, 0.15) is 6.26 Å². The van der Waals surface area contributed by atoms with Gasteiger partial charge in [-0.2, -0.15) is 0 Å². The molecule has 0 saturated carbocycles. The van der Waals surface area contributed by atoms with Crippen LogP contribution in [0.15, 0.2) is 27.6 Å². The Labute approximate surface area is 99.4 Å². The van der Waals surface area contributed by atoms with E-state index in [4.69, 9.17) is 4.42 Å². The van der Waals surface area contributed by atoms with Crippen LogP contribution >= 0.6 is 0 Å². The molecule has 1 N–H and O–H groups in total. The van der Waals surface area contributed by atoms with E-state index in [1.807, 2.05) is 0 Å². The van der Waals surface area contributed by atoms with E-state index in [0.29, 0.717) is 5.56 Å². The van der Waals surface area contributed by atoms with Crippen LogP contribution in [0.3, 0.4) is 0 Å². The van der Waals surface area contributed by atoms with E-state index in [9.17, 15) is 9.59 Å². The van der Waals surface area contributed by atoms with Crippen molar-refractivity contribution in [1.82, 2.24) is 10.2 Å². The Morgan fingerprint density at radius 1 is 1.41 bits per heavy atom. The number of piperidine rings is 1. The minimum absolute atomic E-state index is 0.0966. The molecule has 1 saturated heterocycles. The van der Waals surface area contributed by atoms with E-state index in [1.54, 1.807) is 11.9 Å². The van der Waals surface area contributed by atoms with Gasteiger partial charge < -0.3 is 14.6 Å². The Balaban J connectivity index is 2.08. The molecule has 2 rings (SSSR count). The average Bonchev–Trinajstić information content (AvgIpc) is 2.39. The molecular formula is C12H16N2O3. The molecule has 5 heteroatoms. The Morgan fingerprint density at radius 2 is 2.12 bits per heavy atom. The first-order chi connectivity index (χ1) is 8.18. The zero-order valence-electron chi connectivity index (χ0n) is 9.81. The van der Waals surface area contributed by atoms with Crippen LogP contribution in [0, 0.1) is 0 Å². The van der Waals surface area contributed by atoms with E-state index in [-0.39, 0.29) is 11.9 Å². The Bertz CT molecular complexity index is 429. The van der Waals surface area contributed by atoms with Crippen LogP contribution in [0.25, 0.3) is 0 Å². The zero-order valence-corrected chi connectivity index (χ0v) is 9.81. The van der Waals surface area contributed by atoms with Gasteiger partial charge in [0.05, 0.1) is 5.56 Å². The second kappa shape index (κ2) is 5.14. The number of carbonyl (C=O) groups is 1. The summed E-state index contributed by atoms with van der Waals surface area (Å²) in [5.41, 5.74) is -0.0169. The summed E-state index contributed by atoms with van der Waals surface area (Å²) in [5, 5.41) is 3.26. The highest BCUT2D eigenvalue weighted by Crippen LogP contribution is 2.13. The maximum absolute atomic E-state index is 12.1. The van der Waals surface area contributed by atoms with Crippen molar-refractivity contribution in [3.63, 3.8) is 0 Å². The standard InChI is InChI=1S/C12H16N2O3/c1-14(10-4-6-13-7-5-10)12(16)9-2-3-11(15)17-8-9/h2-3,8,10,13H,4-7H2,1H3. The van der Waals surface area contributed by atoms with Crippen molar-refractivity contribution < 1.29 is 9.21 Å². The van der Waals surface area contributed by atoms with Crippen LogP contribution in [-0.2, 0) is 0 Å². The number of carbonyl (C=O) groups excluding carboxylic acids is 1. The predicted octanol–water partition coefficient (Wildman–Crippen LogP) is 0.464. The molecule has 1 fully saturated rings. The van der Waals surface area contributed by atoms with Gasteiger partial charge in [-0.15, -0.1) is 0 Å². The van der Waals surface area contributed by atoms with E-state index < -0.39 is 5.63 Å². The van der Waals surface area contributed by atoms with Crippen LogP contribution in [0.4, 0.5) is 0 Å². The van der Waals surface area contributed by atoms with Gasteiger partial charge in [0, 0.05) is 19.2 Å². The number of hydrogen-bond donors (Lipinski definition) is 1. The highest BCUT2D eigenvalue weighted by Gasteiger charge is 2.22. The molecule has 1 aromatic rings. The second-order valence-electron chi connectivity index (χ2n) is 4.24. The molecule has 0 aromatic carbocycles. The van der Waals surface area contributed by atoms with Gasteiger partial charge in [0.2, 0.25) is 0 Å². The summed E-state index contributed by atoms with van der Waals surface area (Å²) in [6.07, 6.45) is 3.14. The summed E-state index contributed by atoms with van der Waals surface area (Å²) in [5.74, 6) is -0.0966. The lowest BCUT2D eigenvalue weighted by atomic mass is 10.0. The van der Waals surface area contributed by atoms with Gasteiger partial charge in [-0.05, 0) is 32.0 Å². The zero-order chi connectivity index (χ0) is 12.3. The van der Waals surface area contributed by atoms with Crippen LogP contribution in [0.5, 0.6) is 0 Å². The van der Waals surface area contributed by atoms with Gasteiger partial charge >= 0.3 is 5.63 Å². The number of hydrogen-bond acceptors (Lipinski definition) is 4. The Morgan fingerprint density at radius 3 is 2.71 bits per heavy atom. The van der Waals surface area contributed by atoms with Crippen molar-refractivity contribution in [1.29, 1.82) is 0 Å². The van der Waals surface area contributed by atoms with Gasteiger partial charge in [0.25, 0.3) is 5.91 Å². The lowest BCUT2D eigenvalue weighted by molar-refractivity contribution is 0.0700. The van der Waals surface area contributed by atoms with Gasteiger partial charge in [-0.25, -0.2) is 4.79 Å². The van der Waals surface area contributed by atoms with Crippen molar-refractivity contribution >= 4 is 5.91 Å². The fourth-order valence-corrected chi connectivity index (χ4v) is 2.04. The topological polar surface area (TPSA) is 62.6 Å². The summed E-state index contributed by atoms with van der Waals surface area (Å²) >= 11 is 0. The van der Waals surface area contributed by atoms with Crippen molar-refractivity contribution in [2.75, 3.05) is 20.1 Å². The summed E-state index contributed by atoms with van der Waals surface area (Å²) in [7, 11) is 1.80. The number of rotatable bonds is 2. The van der Waals surface area contributed by atoms with Crippen molar-refractivity contribution in [3.05, 3.63) is 34.4 Å². The second-order valence-corrected chi connectivity index (χ2v) is 4.24. The molecular weight excluding hydrogens is 220 g/mol. The predicted molar refractivity (Wildman–Crippen MR) is 63.0 cm³/mol. The molecule has 17 heavy (non-hydrogen) atoms. The van der Waals surface area contributed by atoms with Crippen molar-refractivity contribution in [3.8, 4) is 0 Å². The molecule has 1 aliphatic heterocycles. The number of nitrogens with one attached hydrogen (secondary N) is 1. The number of nitrogens with zero attached hydrogens (tertiary/aromatic N) is 1. The molecule has 1 aliphatic rings. The lowest BCUT2D eigenvalue weighted by Gasteiger charge is -2.31. The molecule has 1 aromatic heterocycles. The first-order valence-corrected chi connectivity index (χ1v) is 5.75. The third kappa shape index (κ3) is 2.74. The third-order valence-corrected chi connectivity index (χ3v) is 3.12. The summed E-state index contributed by atoms with van der Waals surface area (Å²) in [6, 6.07) is 3.03. The molecule has 0 spiro atoms. The minimum Gasteiger partial charge on any atom is -0.430 e. The monoisotopic (exact) mass is 236 g/mol. The van der Waals surface area contributed by atoms with E-state index in [2.05, 4.69) is 5.32 Å². The quantitative estimate of drug-likeness (QED) is 0.810. The lowest BCUT2D eigenvalue weighted by Crippen LogP contribution is -2.44. The van der Waals surface area contributed by atoms with Gasteiger partial charge in [-0.3, -0.25) is 4.79 Å². The van der Waals surface area contributed by atoms with E-state index in [0.717, 1.165) is 25.9 Å². The molecule has 0 unspecified atom stereocenters. The van der Waals surface area contributed by atoms with Crippen molar-refractivity contribution in [2.24, 2.45) is 0 Å². The molecule has 2 heterocycles. The van der Waals surface area contributed by atoms with Crippen LogP contribution < -0.4 is 10.9 Å². The Kier molecular flexibility index (Phi) is 3.58. The molecule has 5 nitrogen and oxygen atoms in total. The fraction of sp³-hybridized carbons (Fsp3) is 0.500. The normalized spacial score (nSPS) is 16.8. The highest BCUT2D eigenvalue weighted by molar-refractivity contribution is 5.93. The molecule has 0 aliphatic carbocycles. The largest absolute Gasteiger partial charge is 0.430 e. The third-order valence-electron chi connectivity index (χ3n) is 3.12. The SMILES string of the molecule is CN(C(=O)c1ccc(=O)oc1)C1CCNCC1. The number of amides is 1. The first-order valence-electron chi connectivity index (χ1n) is 5.75.